The van der Waals surface area contributed by atoms with Crippen molar-refractivity contribution in [3.8, 4) is 0 Å². The molecule has 1 N–H and O–H groups in total. The largest absolute Gasteiger partial charge is 0.392 e. The van der Waals surface area contributed by atoms with E-state index in [2.05, 4.69) is 0 Å². The molecule has 20 heavy (non-hydrogen) atoms. The van der Waals surface area contributed by atoms with Gasteiger partial charge in [0, 0.05) is 17.4 Å². The molecule has 2 aliphatic rings. The van der Waals surface area contributed by atoms with Crippen LogP contribution in [-0.2, 0) is 16.3 Å². The van der Waals surface area contributed by atoms with E-state index in [0.717, 1.165) is 18.4 Å². The number of aryl methyl sites for hydroxylation is 1. The van der Waals surface area contributed by atoms with Crippen LogP contribution in [0.25, 0.3) is 0 Å². The van der Waals surface area contributed by atoms with Crippen LogP contribution in [0.15, 0.2) is 24.3 Å². The fraction of sp³-hybridized carbons (Fsp3) is 0.533. The first kappa shape index (κ1) is 13.8. The van der Waals surface area contributed by atoms with Gasteiger partial charge in [-0.3, -0.25) is 4.79 Å². The zero-order valence-electron chi connectivity index (χ0n) is 11.2. The van der Waals surface area contributed by atoms with Gasteiger partial charge in [0.05, 0.1) is 17.6 Å². The van der Waals surface area contributed by atoms with Crippen molar-refractivity contribution in [2.75, 3.05) is 11.5 Å². The Kier molecular flexibility index (Phi) is 3.42. The Labute approximate surface area is 118 Å². The summed E-state index contributed by atoms with van der Waals surface area (Å²) in [7, 11) is -3.21. The van der Waals surface area contributed by atoms with Crippen LogP contribution in [0, 0.1) is 11.8 Å². The molecule has 1 heterocycles. The summed E-state index contributed by atoms with van der Waals surface area (Å²) in [5, 5.41) is 10.0. The first-order valence-electron chi connectivity index (χ1n) is 6.98. The van der Waals surface area contributed by atoms with Crippen molar-refractivity contribution in [2.24, 2.45) is 11.8 Å². The molecule has 0 bridgehead atoms. The number of benzene rings is 1. The van der Waals surface area contributed by atoms with Gasteiger partial charge in [-0.15, -0.1) is 0 Å². The van der Waals surface area contributed by atoms with E-state index in [1.54, 1.807) is 0 Å². The molecule has 1 aromatic rings. The molecule has 3 rings (SSSR count). The molecule has 3 unspecified atom stereocenters. The van der Waals surface area contributed by atoms with Crippen LogP contribution in [0.3, 0.4) is 0 Å². The highest BCUT2D eigenvalue weighted by Gasteiger charge is 2.44. The maximum atomic E-state index is 12.7. The lowest BCUT2D eigenvalue weighted by atomic mass is 9.82. The highest BCUT2D eigenvalue weighted by Crippen LogP contribution is 2.35. The van der Waals surface area contributed by atoms with E-state index in [0.29, 0.717) is 12.0 Å². The molecule has 0 amide bonds. The fourth-order valence-corrected chi connectivity index (χ4v) is 5.42. The van der Waals surface area contributed by atoms with Gasteiger partial charge >= 0.3 is 0 Å². The van der Waals surface area contributed by atoms with E-state index in [1.807, 2.05) is 24.3 Å². The molecule has 108 valence electrons. The fourth-order valence-electron chi connectivity index (χ4n) is 3.47. The lowest BCUT2D eigenvalue weighted by Gasteiger charge is -2.22. The number of hydrogen-bond donors (Lipinski definition) is 1. The molecule has 0 radical (unpaired) electrons. The highest BCUT2D eigenvalue weighted by molar-refractivity contribution is 7.91. The van der Waals surface area contributed by atoms with E-state index in [4.69, 9.17) is 0 Å². The normalized spacial score (nSPS) is 32.6. The maximum absolute atomic E-state index is 12.7. The van der Waals surface area contributed by atoms with Gasteiger partial charge in [0.2, 0.25) is 0 Å². The first-order chi connectivity index (χ1) is 9.48. The Hall–Kier alpha value is -1.20. The second-order valence-electron chi connectivity index (χ2n) is 5.83. The number of carbonyl (C=O) groups excluding carboxylic acids is 1. The van der Waals surface area contributed by atoms with Gasteiger partial charge in [0.1, 0.15) is 0 Å². The smallest absolute Gasteiger partial charge is 0.166 e. The van der Waals surface area contributed by atoms with Crippen molar-refractivity contribution in [3.63, 3.8) is 0 Å². The van der Waals surface area contributed by atoms with Crippen LogP contribution in [-0.4, -0.2) is 36.9 Å². The molecule has 5 heteroatoms. The quantitative estimate of drug-likeness (QED) is 0.791. The zero-order chi connectivity index (χ0) is 14.3. The number of aliphatic hydroxyl groups excluding tert-OH is 1. The van der Waals surface area contributed by atoms with Crippen molar-refractivity contribution in [2.45, 2.75) is 25.4 Å². The number of fused-ring (bicyclic) bond motifs is 1. The number of carbonyl (C=O) groups is 1. The van der Waals surface area contributed by atoms with Crippen molar-refractivity contribution in [1.29, 1.82) is 0 Å². The van der Waals surface area contributed by atoms with Gasteiger partial charge in [-0.05, 0) is 24.8 Å². The minimum atomic E-state index is -3.21. The second-order valence-corrected chi connectivity index (χ2v) is 7.98. The monoisotopic (exact) mass is 294 g/mol. The zero-order valence-corrected chi connectivity index (χ0v) is 12.0. The van der Waals surface area contributed by atoms with Gasteiger partial charge in [-0.2, -0.15) is 0 Å². The van der Waals surface area contributed by atoms with Crippen LogP contribution >= 0.6 is 0 Å². The van der Waals surface area contributed by atoms with Crippen molar-refractivity contribution in [3.05, 3.63) is 35.4 Å². The summed E-state index contributed by atoms with van der Waals surface area (Å²) in [4.78, 5) is 12.7. The Morgan fingerprint density at radius 1 is 1.15 bits per heavy atom. The molecule has 3 atom stereocenters. The average molecular weight is 294 g/mol. The van der Waals surface area contributed by atoms with Gasteiger partial charge in [0.25, 0.3) is 0 Å². The van der Waals surface area contributed by atoms with Crippen molar-refractivity contribution in [1.82, 2.24) is 0 Å². The first-order valence-corrected chi connectivity index (χ1v) is 8.81. The average Bonchev–Trinajstić information content (AvgIpc) is 2.57. The van der Waals surface area contributed by atoms with Crippen molar-refractivity contribution < 1.29 is 18.3 Å². The summed E-state index contributed by atoms with van der Waals surface area (Å²) >= 11 is 0. The number of hydrogen-bond acceptors (Lipinski definition) is 4. The minimum Gasteiger partial charge on any atom is -0.392 e. The topological polar surface area (TPSA) is 71.4 Å². The van der Waals surface area contributed by atoms with Gasteiger partial charge < -0.3 is 5.11 Å². The third-order valence-corrected chi connectivity index (χ3v) is 6.21. The SMILES string of the molecule is O=C1c2ccccc2CCCC1C1CS(=O)(=O)CC1O. The Bertz CT molecular complexity index is 635. The molecule has 1 saturated heterocycles. The van der Waals surface area contributed by atoms with Gasteiger partial charge in [0.15, 0.2) is 15.6 Å². The lowest BCUT2D eigenvalue weighted by molar-refractivity contribution is 0.0720. The number of aliphatic hydroxyl groups is 1. The van der Waals surface area contributed by atoms with E-state index >= 15 is 0 Å². The number of rotatable bonds is 1. The predicted molar refractivity (Wildman–Crippen MR) is 75.4 cm³/mol. The highest BCUT2D eigenvalue weighted by atomic mass is 32.2. The summed E-state index contributed by atoms with van der Waals surface area (Å²) < 4.78 is 23.3. The second kappa shape index (κ2) is 4.97. The summed E-state index contributed by atoms with van der Waals surface area (Å²) in [6.45, 7) is 0. The van der Waals surface area contributed by atoms with Crippen LogP contribution in [0.2, 0.25) is 0 Å². The van der Waals surface area contributed by atoms with E-state index in [-0.39, 0.29) is 23.2 Å². The Balaban J connectivity index is 1.94. The summed E-state index contributed by atoms with van der Waals surface area (Å²) in [5.74, 6) is -1.08. The van der Waals surface area contributed by atoms with E-state index in [1.165, 1.54) is 0 Å². The van der Waals surface area contributed by atoms with Crippen LogP contribution in [0.4, 0.5) is 0 Å². The molecule has 4 nitrogen and oxygen atoms in total. The van der Waals surface area contributed by atoms with Crippen LogP contribution in [0.1, 0.15) is 28.8 Å². The molecule has 0 aromatic heterocycles. The molecule has 1 fully saturated rings. The Morgan fingerprint density at radius 2 is 1.90 bits per heavy atom. The molecule has 1 aliphatic heterocycles. The lowest BCUT2D eigenvalue weighted by Crippen LogP contribution is -2.31. The van der Waals surface area contributed by atoms with Crippen LogP contribution < -0.4 is 0 Å². The third kappa shape index (κ3) is 2.40. The molecule has 0 saturated carbocycles. The summed E-state index contributed by atoms with van der Waals surface area (Å²) in [5.41, 5.74) is 1.74. The van der Waals surface area contributed by atoms with Crippen molar-refractivity contribution >= 4 is 15.6 Å². The summed E-state index contributed by atoms with van der Waals surface area (Å²) in [6, 6.07) is 7.52. The van der Waals surface area contributed by atoms with Gasteiger partial charge in [-0.25, -0.2) is 8.42 Å². The molecular formula is C15H18O4S. The molecular weight excluding hydrogens is 276 g/mol. The van der Waals surface area contributed by atoms with Crippen LogP contribution in [0.5, 0.6) is 0 Å². The van der Waals surface area contributed by atoms with Gasteiger partial charge in [-0.1, -0.05) is 24.3 Å². The number of ketones is 1. The van der Waals surface area contributed by atoms with E-state index < -0.39 is 21.9 Å². The maximum Gasteiger partial charge on any atom is 0.166 e. The minimum absolute atomic E-state index is 0.000694. The Morgan fingerprint density at radius 3 is 2.60 bits per heavy atom. The molecule has 1 aliphatic carbocycles. The molecule has 0 spiro atoms. The number of Topliss-reactive ketones (excluding diaryl/α,β-unsaturated/α-hetero) is 1. The number of sulfone groups is 1. The molecule has 1 aromatic carbocycles. The summed E-state index contributed by atoms with van der Waals surface area (Å²) in [6.07, 6.45) is 1.45. The standard InChI is InChI=1S/C15H18O4S/c16-14-9-20(18,19)8-13(14)12-7-3-5-10-4-1-2-6-11(10)15(12)17/h1-2,4,6,12-14,16H,3,5,7-9H2. The predicted octanol–water partition coefficient (Wildman–Crippen LogP) is 1.23. The third-order valence-electron chi connectivity index (χ3n) is 4.46. The van der Waals surface area contributed by atoms with E-state index in [9.17, 15) is 18.3 Å².